The molecule has 180 valence electrons. The minimum absolute atomic E-state index is 0.0907. The fourth-order valence-electron chi connectivity index (χ4n) is 3.73. The van der Waals surface area contributed by atoms with Crippen LogP contribution < -0.4 is 19.9 Å². The van der Waals surface area contributed by atoms with Crippen LogP contribution >= 0.6 is 0 Å². The van der Waals surface area contributed by atoms with Crippen LogP contribution in [0.2, 0.25) is 0 Å². The molecule has 1 aliphatic heterocycles. The summed E-state index contributed by atoms with van der Waals surface area (Å²) >= 11 is 0. The van der Waals surface area contributed by atoms with Gasteiger partial charge >= 0.3 is 0 Å². The van der Waals surface area contributed by atoms with Crippen molar-refractivity contribution in [2.75, 3.05) is 46.0 Å². The van der Waals surface area contributed by atoms with Gasteiger partial charge < -0.3 is 24.3 Å². The van der Waals surface area contributed by atoms with Gasteiger partial charge in [-0.25, -0.2) is 23.5 Å². The van der Waals surface area contributed by atoms with Crippen molar-refractivity contribution in [1.29, 1.82) is 0 Å². The van der Waals surface area contributed by atoms with Gasteiger partial charge in [-0.3, -0.25) is 4.79 Å². The highest BCUT2D eigenvalue weighted by molar-refractivity contribution is 7.89. The van der Waals surface area contributed by atoms with E-state index in [0.717, 1.165) is 0 Å². The number of primary sulfonamides is 1. The smallest absolute Gasteiger partial charge is 0.238 e. The highest BCUT2D eigenvalue weighted by Gasteiger charge is 2.35. The first-order chi connectivity index (χ1) is 16.3. The number of hydrogen-bond acceptors (Lipinski definition) is 9. The maximum atomic E-state index is 12.9. The second-order valence-electron chi connectivity index (χ2n) is 7.45. The first-order valence-corrected chi connectivity index (χ1v) is 11.9. The van der Waals surface area contributed by atoms with Crippen molar-refractivity contribution in [3.63, 3.8) is 0 Å². The Bertz CT molecular complexity index is 1330. The van der Waals surface area contributed by atoms with Crippen LogP contribution in [0.1, 0.15) is 17.2 Å². The van der Waals surface area contributed by atoms with Gasteiger partial charge in [0.2, 0.25) is 15.9 Å². The van der Waals surface area contributed by atoms with Crippen LogP contribution in [0, 0.1) is 0 Å². The van der Waals surface area contributed by atoms with Gasteiger partial charge in [0.1, 0.15) is 18.9 Å². The van der Waals surface area contributed by atoms with Crippen molar-refractivity contribution in [3.8, 4) is 11.5 Å². The molecule has 3 aromatic rings. The van der Waals surface area contributed by atoms with Gasteiger partial charge in [0.25, 0.3) is 0 Å². The minimum Gasteiger partial charge on any atom is -0.493 e. The Balaban J connectivity index is 1.69. The molecule has 11 nitrogen and oxygen atoms in total. The maximum Gasteiger partial charge on any atom is 0.238 e. The Labute approximate surface area is 196 Å². The third kappa shape index (κ3) is 4.80. The SMILES string of the molecule is COCCOCCOc1cc2ncnc(C3C(=O)Nc4ccc(S(N)(=O)=O)cc43)c2cc1OC. The van der Waals surface area contributed by atoms with Crippen LogP contribution in [0.25, 0.3) is 10.9 Å². The number of nitrogens with two attached hydrogens (primary N) is 1. The molecule has 1 unspecified atom stereocenters. The van der Waals surface area contributed by atoms with E-state index in [4.69, 9.17) is 24.1 Å². The van der Waals surface area contributed by atoms with E-state index >= 15 is 0 Å². The molecule has 0 fully saturated rings. The molecule has 1 aliphatic rings. The van der Waals surface area contributed by atoms with E-state index in [9.17, 15) is 13.2 Å². The van der Waals surface area contributed by atoms with E-state index in [0.29, 0.717) is 59.2 Å². The molecule has 3 N–H and O–H groups in total. The number of amides is 1. The molecular weight excluding hydrogens is 464 g/mol. The number of carbonyl (C=O) groups excluding carboxylic acids is 1. The largest absolute Gasteiger partial charge is 0.493 e. The summed E-state index contributed by atoms with van der Waals surface area (Å²) in [6.45, 7) is 1.61. The van der Waals surface area contributed by atoms with Crippen molar-refractivity contribution in [2.24, 2.45) is 5.14 Å². The zero-order valence-electron chi connectivity index (χ0n) is 18.6. The normalized spacial score (nSPS) is 15.3. The first kappa shape index (κ1) is 23.8. The molecule has 0 aliphatic carbocycles. The van der Waals surface area contributed by atoms with Crippen molar-refractivity contribution < 1.29 is 32.2 Å². The van der Waals surface area contributed by atoms with Crippen LogP contribution in [0.3, 0.4) is 0 Å². The number of ether oxygens (including phenoxy) is 4. The molecule has 2 heterocycles. The first-order valence-electron chi connectivity index (χ1n) is 10.3. The zero-order valence-corrected chi connectivity index (χ0v) is 19.4. The molecule has 0 saturated carbocycles. The van der Waals surface area contributed by atoms with Crippen LogP contribution in [0.15, 0.2) is 41.6 Å². The highest BCUT2D eigenvalue weighted by Crippen LogP contribution is 2.41. The van der Waals surface area contributed by atoms with Gasteiger partial charge in [-0.1, -0.05) is 0 Å². The van der Waals surface area contributed by atoms with E-state index in [2.05, 4.69) is 15.3 Å². The number of sulfonamides is 1. The minimum atomic E-state index is -3.95. The summed E-state index contributed by atoms with van der Waals surface area (Å²) < 4.78 is 45.3. The lowest BCUT2D eigenvalue weighted by atomic mass is 9.94. The second kappa shape index (κ2) is 9.89. The fraction of sp³-hybridized carbons (Fsp3) is 0.318. The number of carbonyl (C=O) groups is 1. The second-order valence-corrected chi connectivity index (χ2v) is 9.01. The summed E-state index contributed by atoms with van der Waals surface area (Å²) in [4.78, 5) is 21.5. The molecule has 0 saturated heterocycles. The number of hydrogen-bond donors (Lipinski definition) is 2. The number of benzene rings is 2. The van der Waals surface area contributed by atoms with Crippen molar-refractivity contribution in [1.82, 2.24) is 9.97 Å². The van der Waals surface area contributed by atoms with Crippen molar-refractivity contribution in [3.05, 3.63) is 47.9 Å². The number of anilines is 1. The van der Waals surface area contributed by atoms with Crippen LogP contribution in [-0.4, -0.2) is 64.9 Å². The summed E-state index contributed by atoms with van der Waals surface area (Å²) in [6, 6.07) is 7.64. The Morgan fingerprint density at radius 3 is 2.56 bits per heavy atom. The van der Waals surface area contributed by atoms with Gasteiger partial charge in [0.15, 0.2) is 11.5 Å². The maximum absolute atomic E-state index is 12.9. The van der Waals surface area contributed by atoms with E-state index in [1.54, 1.807) is 19.2 Å². The van der Waals surface area contributed by atoms with E-state index in [1.165, 1.54) is 31.6 Å². The zero-order chi connectivity index (χ0) is 24.3. The quantitative estimate of drug-likeness (QED) is 0.403. The van der Waals surface area contributed by atoms with Gasteiger partial charge in [-0.2, -0.15) is 0 Å². The Hall–Kier alpha value is -3.32. The Kier molecular flexibility index (Phi) is 6.93. The summed E-state index contributed by atoms with van der Waals surface area (Å²) in [5.41, 5.74) is 1.89. The Morgan fingerprint density at radius 1 is 1.03 bits per heavy atom. The molecule has 34 heavy (non-hydrogen) atoms. The molecule has 1 aromatic heterocycles. The predicted octanol–water partition coefficient (Wildman–Crippen LogP) is 1.41. The molecule has 2 aromatic carbocycles. The summed E-state index contributed by atoms with van der Waals surface area (Å²) in [5, 5.41) is 8.62. The summed E-state index contributed by atoms with van der Waals surface area (Å²) in [7, 11) is -0.846. The van der Waals surface area contributed by atoms with Crippen LogP contribution in [-0.2, 0) is 24.3 Å². The van der Waals surface area contributed by atoms with Crippen molar-refractivity contribution in [2.45, 2.75) is 10.8 Å². The predicted molar refractivity (Wildman–Crippen MR) is 123 cm³/mol. The number of nitrogens with zero attached hydrogens (tertiary/aromatic N) is 2. The number of aromatic nitrogens is 2. The lowest BCUT2D eigenvalue weighted by molar-refractivity contribution is -0.116. The molecule has 0 spiro atoms. The number of fused-ring (bicyclic) bond motifs is 2. The standard InChI is InChI=1S/C22H24N4O7S/c1-30-5-6-32-7-8-33-19-11-17-15(10-18(19)31-2)21(25-12-24-17)20-14-9-13(34(23,28)29)3-4-16(14)26-22(20)27/h3-4,9-12,20H,5-8H2,1-2H3,(H,26,27)(H2,23,28,29). The third-order valence-electron chi connectivity index (χ3n) is 5.32. The lowest BCUT2D eigenvalue weighted by Gasteiger charge is -2.15. The highest BCUT2D eigenvalue weighted by atomic mass is 32.2. The average Bonchev–Trinajstić information content (AvgIpc) is 3.14. The van der Waals surface area contributed by atoms with Crippen LogP contribution in [0.4, 0.5) is 5.69 Å². The molecule has 1 amide bonds. The topological polar surface area (TPSA) is 152 Å². The van der Waals surface area contributed by atoms with Crippen LogP contribution in [0.5, 0.6) is 11.5 Å². The van der Waals surface area contributed by atoms with Crippen molar-refractivity contribution >= 4 is 32.5 Å². The summed E-state index contributed by atoms with van der Waals surface area (Å²) in [5.74, 6) is -0.304. The lowest BCUT2D eigenvalue weighted by Crippen LogP contribution is -2.16. The number of nitrogens with one attached hydrogen (secondary N) is 1. The van der Waals surface area contributed by atoms with Gasteiger partial charge in [-0.05, 0) is 29.8 Å². The molecule has 4 rings (SSSR count). The number of rotatable bonds is 10. The van der Waals surface area contributed by atoms with E-state index < -0.39 is 15.9 Å². The Morgan fingerprint density at radius 2 is 1.82 bits per heavy atom. The molecule has 1 atom stereocenters. The van der Waals surface area contributed by atoms with Gasteiger partial charge in [-0.15, -0.1) is 0 Å². The molecule has 0 radical (unpaired) electrons. The fourth-order valence-corrected chi connectivity index (χ4v) is 4.28. The number of methoxy groups -OCH3 is 2. The molecular formula is C22H24N4O7S. The van der Waals surface area contributed by atoms with Gasteiger partial charge in [0.05, 0.1) is 43.0 Å². The summed E-state index contributed by atoms with van der Waals surface area (Å²) in [6.07, 6.45) is 1.34. The molecule has 12 heteroatoms. The van der Waals surface area contributed by atoms with Gasteiger partial charge in [0, 0.05) is 24.2 Å². The van der Waals surface area contributed by atoms with E-state index in [1.807, 2.05) is 0 Å². The average molecular weight is 489 g/mol. The monoisotopic (exact) mass is 488 g/mol. The molecule has 0 bridgehead atoms. The third-order valence-corrected chi connectivity index (χ3v) is 6.24. The van der Waals surface area contributed by atoms with E-state index in [-0.39, 0.29) is 17.4 Å².